The number of ketones is 1. The summed E-state index contributed by atoms with van der Waals surface area (Å²) in [6.45, 7) is 2.17. The van der Waals surface area contributed by atoms with Crippen LogP contribution in [0.2, 0.25) is 0 Å². The molecule has 0 radical (unpaired) electrons. The lowest BCUT2D eigenvalue weighted by atomic mass is 9.82. The summed E-state index contributed by atoms with van der Waals surface area (Å²) >= 11 is 0. The fourth-order valence-corrected chi connectivity index (χ4v) is 4.27. The number of carbonyl (C=O) groups excluding carboxylic acids is 1. The van der Waals surface area contributed by atoms with E-state index in [4.69, 9.17) is 14.6 Å². The minimum absolute atomic E-state index is 0.0176. The molecule has 0 aromatic carbocycles. The number of ether oxygens (including phenoxy) is 2. The number of hydrogen-bond donors (Lipinski definition) is 3. The van der Waals surface area contributed by atoms with Crippen LogP contribution in [0.3, 0.4) is 0 Å². The highest BCUT2D eigenvalue weighted by molar-refractivity contribution is 5.96. The smallest absolute Gasteiger partial charge is 0.337 e. The molecule has 2 rings (SSSR count). The average molecular weight is 414 g/mol. The number of aliphatic carboxylic acids is 3. The Balaban J connectivity index is 2.03. The Morgan fingerprint density at radius 3 is 2.21 bits per heavy atom. The number of Topliss-reactive ketones (excluding diaryl/α,β-unsaturated/α-hetero) is 1. The number of rotatable bonds is 12. The van der Waals surface area contributed by atoms with Gasteiger partial charge >= 0.3 is 17.9 Å². The molecule has 2 fully saturated rings. The first kappa shape index (κ1) is 23.3. The van der Waals surface area contributed by atoms with Crippen LogP contribution >= 0.6 is 0 Å². The van der Waals surface area contributed by atoms with Crippen molar-refractivity contribution in [2.75, 3.05) is 6.61 Å². The molecule has 0 aromatic heterocycles. The molecule has 2 aliphatic heterocycles. The Bertz CT molecular complexity index is 646. The van der Waals surface area contributed by atoms with Gasteiger partial charge in [-0.05, 0) is 6.42 Å². The minimum atomic E-state index is -2.54. The molecule has 4 unspecified atom stereocenters. The highest BCUT2D eigenvalue weighted by Crippen LogP contribution is 2.50. The summed E-state index contributed by atoms with van der Waals surface area (Å²) in [7, 11) is 0. The van der Waals surface area contributed by atoms with Crippen molar-refractivity contribution >= 4 is 23.7 Å². The van der Waals surface area contributed by atoms with E-state index in [1.165, 1.54) is 19.3 Å². The predicted molar refractivity (Wildman–Crippen MR) is 99.2 cm³/mol. The van der Waals surface area contributed by atoms with Crippen LogP contribution < -0.4 is 0 Å². The number of carboxylic acid groups (broad SMARTS) is 3. The molecule has 0 saturated carbocycles. The molecule has 0 amide bonds. The zero-order valence-electron chi connectivity index (χ0n) is 16.7. The quantitative estimate of drug-likeness (QED) is 0.409. The van der Waals surface area contributed by atoms with Crippen LogP contribution in [0.5, 0.6) is 0 Å². The van der Waals surface area contributed by atoms with Crippen molar-refractivity contribution in [2.45, 2.75) is 82.5 Å². The van der Waals surface area contributed by atoms with Crippen molar-refractivity contribution in [1.82, 2.24) is 0 Å². The third-order valence-corrected chi connectivity index (χ3v) is 5.88. The summed E-state index contributed by atoms with van der Waals surface area (Å²) in [6, 6.07) is 0. The highest BCUT2D eigenvalue weighted by atomic mass is 16.7. The minimum Gasteiger partial charge on any atom is -0.481 e. The molecule has 0 aromatic rings. The third kappa shape index (κ3) is 4.95. The molecule has 29 heavy (non-hydrogen) atoms. The van der Waals surface area contributed by atoms with Crippen molar-refractivity contribution in [3.8, 4) is 0 Å². The van der Waals surface area contributed by atoms with Gasteiger partial charge in [0.2, 0.25) is 5.79 Å². The molecule has 4 atom stereocenters. The van der Waals surface area contributed by atoms with E-state index in [1.54, 1.807) is 0 Å². The molecule has 2 aliphatic rings. The average Bonchev–Trinajstić information content (AvgIpc) is 3.13. The second-order valence-corrected chi connectivity index (χ2v) is 8.00. The van der Waals surface area contributed by atoms with Crippen LogP contribution in [-0.4, -0.2) is 57.0 Å². The summed E-state index contributed by atoms with van der Waals surface area (Å²) in [5.41, 5.74) is -2.54. The zero-order chi connectivity index (χ0) is 21.7. The molecular formula is C20H30O9. The summed E-state index contributed by atoms with van der Waals surface area (Å²) in [5.74, 6) is -9.47. The van der Waals surface area contributed by atoms with Gasteiger partial charge in [0.25, 0.3) is 0 Å². The first-order valence-electron chi connectivity index (χ1n) is 10.2. The molecule has 1 spiro atoms. The standard InChI is InChI=1S/C20H30O9/c1-2-3-4-5-6-7-8-9-13-12-28-20(16(13)23)10-14(17(24)25)19(29-20,18(26)27)11-15(21)22/h13-14H,2-12H2,1H3,(H,21,22)(H,24,25)(H,26,27). The van der Waals surface area contributed by atoms with Crippen molar-refractivity contribution < 1.29 is 44.0 Å². The van der Waals surface area contributed by atoms with Gasteiger partial charge in [0, 0.05) is 12.3 Å². The first-order chi connectivity index (χ1) is 13.7. The molecule has 164 valence electrons. The number of carbonyl (C=O) groups is 4. The highest BCUT2D eigenvalue weighted by Gasteiger charge is 2.69. The van der Waals surface area contributed by atoms with E-state index in [1.807, 2.05) is 0 Å². The molecule has 9 heteroatoms. The van der Waals surface area contributed by atoms with Gasteiger partial charge in [0.15, 0.2) is 11.4 Å². The summed E-state index contributed by atoms with van der Waals surface area (Å²) in [6.07, 6.45) is 6.55. The maximum absolute atomic E-state index is 12.9. The van der Waals surface area contributed by atoms with E-state index in [0.717, 1.165) is 25.7 Å². The lowest BCUT2D eigenvalue weighted by Crippen LogP contribution is -2.50. The van der Waals surface area contributed by atoms with Gasteiger partial charge in [-0.25, -0.2) is 4.79 Å². The monoisotopic (exact) mass is 414 g/mol. The van der Waals surface area contributed by atoms with Gasteiger partial charge in [-0.2, -0.15) is 0 Å². The van der Waals surface area contributed by atoms with Gasteiger partial charge in [-0.1, -0.05) is 51.9 Å². The largest absolute Gasteiger partial charge is 0.481 e. The summed E-state index contributed by atoms with van der Waals surface area (Å²) in [5, 5.41) is 28.1. The Morgan fingerprint density at radius 2 is 1.66 bits per heavy atom. The van der Waals surface area contributed by atoms with E-state index >= 15 is 0 Å². The third-order valence-electron chi connectivity index (χ3n) is 5.88. The van der Waals surface area contributed by atoms with E-state index in [0.29, 0.717) is 6.42 Å². The van der Waals surface area contributed by atoms with Gasteiger partial charge in [0.1, 0.15) is 5.92 Å². The van der Waals surface area contributed by atoms with Crippen LogP contribution in [0.1, 0.15) is 71.1 Å². The van der Waals surface area contributed by atoms with Gasteiger partial charge in [-0.3, -0.25) is 14.4 Å². The molecular weight excluding hydrogens is 384 g/mol. The fourth-order valence-electron chi connectivity index (χ4n) is 4.27. The normalized spacial score (nSPS) is 31.4. The van der Waals surface area contributed by atoms with Crippen LogP contribution in [0.15, 0.2) is 0 Å². The Hall–Kier alpha value is -2.00. The lowest BCUT2D eigenvalue weighted by Gasteiger charge is -2.28. The molecule has 9 nitrogen and oxygen atoms in total. The number of hydrogen-bond acceptors (Lipinski definition) is 6. The van der Waals surface area contributed by atoms with E-state index in [2.05, 4.69) is 6.92 Å². The van der Waals surface area contributed by atoms with E-state index in [-0.39, 0.29) is 6.61 Å². The van der Waals surface area contributed by atoms with Crippen molar-refractivity contribution in [2.24, 2.45) is 11.8 Å². The maximum atomic E-state index is 12.9. The van der Waals surface area contributed by atoms with Crippen LogP contribution in [0.4, 0.5) is 0 Å². The molecule has 2 saturated heterocycles. The molecule has 3 N–H and O–H groups in total. The van der Waals surface area contributed by atoms with Crippen molar-refractivity contribution in [3.05, 3.63) is 0 Å². The first-order valence-corrected chi connectivity index (χ1v) is 10.2. The Kier molecular flexibility index (Phi) is 7.76. The number of unbranched alkanes of at least 4 members (excludes halogenated alkanes) is 6. The molecule has 2 heterocycles. The Morgan fingerprint density at radius 1 is 1.03 bits per heavy atom. The molecule has 0 bridgehead atoms. The zero-order valence-corrected chi connectivity index (χ0v) is 16.7. The molecule has 0 aliphatic carbocycles. The Labute approximate surface area is 169 Å². The van der Waals surface area contributed by atoms with E-state index < -0.39 is 59.8 Å². The summed E-state index contributed by atoms with van der Waals surface area (Å²) in [4.78, 5) is 47.6. The van der Waals surface area contributed by atoms with Gasteiger partial charge < -0.3 is 24.8 Å². The number of carboxylic acids is 3. The van der Waals surface area contributed by atoms with Crippen LogP contribution in [0, 0.1) is 11.8 Å². The topological polar surface area (TPSA) is 147 Å². The second kappa shape index (κ2) is 9.67. The maximum Gasteiger partial charge on any atom is 0.337 e. The van der Waals surface area contributed by atoms with Gasteiger partial charge in [-0.15, -0.1) is 0 Å². The van der Waals surface area contributed by atoms with Crippen LogP contribution in [0.25, 0.3) is 0 Å². The SMILES string of the molecule is CCCCCCCCCC1COC2(CC(C(=O)O)C(CC(=O)O)(C(=O)O)O2)C1=O. The van der Waals surface area contributed by atoms with Crippen molar-refractivity contribution in [3.63, 3.8) is 0 Å². The van der Waals surface area contributed by atoms with Crippen LogP contribution in [-0.2, 0) is 28.7 Å². The summed E-state index contributed by atoms with van der Waals surface area (Å²) < 4.78 is 10.9. The van der Waals surface area contributed by atoms with Crippen molar-refractivity contribution in [1.29, 1.82) is 0 Å². The van der Waals surface area contributed by atoms with Gasteiger partial charge in [0.05, 0.1) is 13.0 Å². The van der Waals surface area contributed by atoms with E-state index in [9.17, 15) is 29.4 Å². The second-order valence-electron chi connectivity index (χ2n) is 8.00. The predicted octanol–water partition coefficient (Wildman–Crippen LogP) is 2.46. The lowest BCUT2D eigenvalue weighted by molar-refractivity contribution is -0.231. The fraction of sp³-hybridized carbons (Fsp3) is 0.800.